The molecule has 2 N–H and O–H groups in total. The number of nitrogens with zero attached hydrogens (tertiary/aromatic N) is 2. The summed E-state index contributed by atoms with van der Waals surface area (Å²) in [6.07, 6.45) is 1.75. The van der Waals surface area contributed by atoms with E-state index in [2.05, 4.69) is 22.8 Å². The lowest BCUT2D eigenvalue weighted by molar-refractivity contribution is -0.384. The van der Waals surface area contributed by atoms with E-state index in [0.29, 0.717) is 17.7 Å². The van der Waals surface area contributed by atoms with Gasteiger partial charge in [-0.05, 0) is 53.6 Å². The highest BCUT2D eigenvalue weighted by molar-refractivity contribution is 5.96. The molecule has 0 radical (unpaired) electrons. The van der Waals surface area contributed by atoms with Crippen LogP contribution in [0.2, 0.25) is 0 Å². The van der Waals surface area contributed by atoms with Gasteiger partial charge in [0.2, 0.25) is 0 Å². The van der Waals surface area contributed by atoms with Gasteiger partial charge in [-0.15, -0.1) is 0 Å². The Balaban J connectivity index is 1.85. The van der Waals surface area contributed by atoms with E-state index >= 15 is 0 Å². The molecule has 7 heteroatoms. The highest BCUT2D eigenvalue weighted by atomic mass is 16.6. The fraction of sp³-hybridized carbons (Fsp3) is 0.160. The van der Waals surface area contributed by atoms with Crippen molar-refractivity contribution in [3.05, 3.63) is 88.2 Å². The third kappa shape index (κ3) is 4.37. The molecule has 0 bridgehead atoms. The van der Waals surface area contributed by atoms with E-state index < -0.39 is 4.92 Å². The summed E-state index contributed by atoms with van der Waals surface area (Å²) < 4.78 is 5.84. The molecule has 0 unspecified atom stereocenters. The first-order valence-corrected chi connectivity index (χ1v) is 10.3. The number of fused-ring (bicyclic) bond motifs is 1. The number of likely N-dealkylation sites (N-methyl/N-ethyl adjacent to an activating group) is 1. The smallest absolute Gasteiger partial charge is 0.270 e. The molecule has 0 spiro atoms. The van der Waals surface area contributed by atoms with Crippen molar-refractivity contribution in [1.29, 1.82) is 5.26 Å². The maximum Gasteiger partial charge on any atom is 0.270 e. The summed E-state index contributed by atoms with van der Waals surface area (Å²) in [7, 11) is 1.91. The second kappa shape index (κ2) is 9.43. The summed E-state index contributed by atoms with van der Waals surface area (Å²) in [6, 6.07) is 20.0. The summed E-state index contributed by atoms with van der Waals surface area (Å²) in [5.74, 6) is 0. The molecule has 0 aliphatic rings. The third-order valence-electron chi connectivity index (χ3n) is 5.35. The molecule has 7 nitrogen and oxygen atoms in total. The molecule has 3 aromatic carbocycles. The average molecular weight is 426 g/mol. The van der Waals surface area contributed by atoms with Crippen LogP contribution in [0, 0.1) is 21.4 Å². The van der Waals surface area contributed by atoms with Gasteiger partial charge in [0.05, 0.1) is 22.8 Å². The Bertz CT molecular complexity index is 1300. The van der Waals surface area contributed by atoms with Crippen LogP contribution in [0.15, 0.2) is 71.3 Å². The molecule has 0 aliphatic carbocycles. The van der Waals surface area contributed by atoms with Crippen LogP contribution < -0.4 is 10.6 Å². The van der Waals surface area contributed by atoms with Crippen molar-refractivity contribution >= 4 is 16.7 Å². The highest BCUT2D eigenvalue weighted by Crippen LogP contribution is 2.38. The van der Waals surface area contributed by atoms with Crippen LogP contribution in [-0.4, -0.2) is 25.1 Å². The van der Waals surface area contributed by atoms with Crippen molar-refractivity contribution in [3.63, 3.8) is 0 Å². The number of nitro groups is 1. The second-order valence-corrected chi connectivity index (χ2v) is 7.43. The quantitative estimate of drug-likeness (QED) is 0.237. The first kappa shape index (κ1) is 21.2. The van der Waals surface area contributed by atoms with E-state index in [1.807, 2.05) is 31.3 Å². The number of benzene rings is 3. The van der Waals surface area contributed by atoms with Gasteiger partial charge in [-0.1, -0.05) is 24.3 Å². The molecule has 32 heavy (non-hydrogen) atoms. The molecule has 0 fully saturated rings. The first-order chi connectivity index (χ1) is 15.6. The van der Waals surface area contributed by atoms with Gasteiger partial charge in [-0.2, -0.15) is 5.26 Å². The van der Waals surface area contributed by atoms with Crippen molar-refractivity contribution in [2.75, 3.05) is 20.1 Å². The lowest BCUT2D eigenvalue weighted by Gasteiger charge is -2.12. The largest absolute Gasteiger partial charge is 0.464 e. The van der Waals surface area contributed by atoms with E-state index in [1.165, 1.54) is 6.07 Å². The first-order valence-electron chi connectivity index (χ1n) is 10.3. The Hall–Kier alpha value is -3.99. The van der Waals surface area contributed by atoms with E-state index in [1.54, 1.807) is 30.5 Å². The molecular formula is C25H22N4O3. The standard InChI is InChI=1S/C25H22N4O3/c1-27-9-10-28-15-20-16-32-25-13-23(19-3-2-4-21(11-19)29(30)31)22(12-24(20)25)18-7-5-17(14-26)6-8-18/h2-8,11-13,16,27-28H,9-10,15H2,1H3. The Labute approximate surface area is 185 Å². The second-order valence-electron chi connectivity index (χ2n) is 7.43. The fourth-order valence-corrected chi connectivity index (χ4v) is 3.69. The van der Waals surface area contributed by atoms with Crippen molar-refractivity contribution in [1.82, 2.24) is 10.6 Å². The summed E-state index contributed by atoms with van der Waals surface area (Å²) in [6.45, 7) is 2.36. The average Bonchev–Trinajstić information content (AvgIpc) is 3.23. The molecule has 1 heterocycles. The van der Waals surface area contributed by atoms with Crippen LogP contribution in [0.1, 0.15) is 11.1 Å². The molecule has 0 saturated carbocycles. The zero-order valence-corrected chi connectivity index (χ0v) is 17.6. The SMILES string of the molecule is CNCCNCc1coc2cc(-c3cccc([N+](=O)[O-])c3)c(-c3ccc(C#N)cc3)cc12. The number of hydrogen-bond donors (Lipinski definition) is 2. The molecule has 0 amide bonds. The predicted molar refractivity (Wildman–Crippen MR) is 124 cm³/mol. The number of non-ortho nitro benzene ring substituents is 1. The zero-order chi connectivity index (χ0) is 22.5. The molecule has 0 saturated heterocycles. The fourth-order valence-electron chi connectivity index (χ4n) is 3.69. The lowest BCUT2D eigenvalue weighted by atomic mass is 9.92. The van der Waals surface area contributed by atoms with Gasteiger partial charge in [0.25, 0.3) is 5.69 Å². The van der Waals surface area contributed by atoms with Gasteiger partial charge in [0, 0.05) is 42.7 Å². The van der Waals surface area contributed by atoms with Gasteiger partial charge >= 0.3 is 0 Å². The summed E-state index contributed by atoms with van der Waals surface area (Å²) in [4.78, 5) is 10.9. The van der Waals surface area contributed by atoms with Crippen LogP contribution in [0.4, 0.5) is 5.69 Å². The van der Waals surface area contributed by atoms with E-state index in [0.717, 1.165) is 46.3 Å². The van der Waals surface area contributed by atoms with E-state index in [-0.39, 0.29) is 5.69 Å². The summed E-state index contributed by atoms with van der Waals surface area (Å²) in [5, 5.41) is 27.9. The van der Waals surface area contributed by atoms with Crippen molar-refractivity contribution in [2.45, 2.75) is 6.54 Å². The summed E-state index contributed by atoms with van der Waals surface area (Å²) in [5.41, 5.74) is 5.75. The Kier molecular flexibility index (Phi) is 6.26. The van der Waals surface area contributed by atoms with Crippen LogP contribution in [0.3, 0.4) is 0 Å². The molecule has 4 aromatic rings. The molecule has 0 aliphatic heterocycles. The topological polar surface area (TPSA) is 104 Å². The predicted octanol–water partition coefficient (Wildman–Crippen LogP) is 4.86. The molecule has 160 valence electrons. The van der Waals surface area contributed by atoms with Gasteiger partial charge in [0.1, 0.15) is 5.58 Å². The Morgan fingerprint density at radius 3 is 2.53 bits per heavy atom. The maximum atomic E-state index is 11.3. The minimum atomic E-state index is -0.398. The molecule has 0 atom stereocenters. The summed E-state index contributed by atoms with van der Waals surface area (Å²) >= 11 is 0. The normalized spacial score (nSPS) is 10.9. The van der Waals surface area contributed by atoms with Gasteiger partial charge < -0.3 is 15.1 Å². The number of hydrogen-bond acceptors (Lipinski definition) is 6. The van der Waals surface area contributed by atoms with Gasteiger partial charge in [0.15, 0.2) is 0 Å². The third-order valence-corrected chi connectivity index (χ3v) is 5.35. The molecule has 1 aromatic heterocycles. The highest BCUT2D eigenvalue weighted by Gasteiger charge is 2.16. The zero-order valence-electron chi connectivity index (χ0n) is 17.6. The van der Waals surface area contributed by atoms with Crippen LogP contribution in [0.5, 0.6) is 0 Å². The van der Waals surface area contributed by atoms with Crippen molar-refractivity contribution in [3.8, 4) is 28.3 Å². The Morgan fingerprint density at radius 1 is 1.03 bits per heavy atom. The minimum absolute atomic E-state index is 0.0299. The number of nitriles is 1. The van der Waals surface area contributed by atoms with Crippen LogP contribution >= 0.6 is 0 Å². The monoisotopic (exact) mass is 426 g/mol. The van der Waals surface area contributed by atoms with Crippen molar-refractivity contribution < 1.29 is 9.34 Å². The van der Waals surface area contributed by atoms with Gasteiger partial charge in [-0.25, -0.2) is 0 Å². The van der Waals surface area contributed by atoms with E-state index in [9.17, 15) is 10.1 Å². The number of rotatable bonds is 8. The van der Waals surface area contributed by atoms with Crippen molar-refractivity contribution in [2.24, 2.45) is 0 Å². The van der Waals surface area contributed by atoms with Crippen LogP contribution in [0.25, 0.3) is 33.2 Å². The lowest BCUT2D eigenvalue weighted by Crippen LogP contribution is -2.24. The number of furan rings is 1. The maximum absolute atomic E-state index is 11.3. The van der Waals surface area contributed by atoms with Crippen LogP contribution in [-0.2, 0) is 6.54 Å². The van der Waals surface area contributed by atoms with Gasteiger partial charge in [-0.3, -0.25) is 10.1 Å². The molecule has 4 rings (SSSR count). The molecular weight excluding hydrogens is 404 g/mol. The van der Waals surface area contributed by atoms with E-state index in [4.69, 9.17) is 9.68 Å². The number of nitrogens with one attached hydrogen (secondary N) is 2. The Morgan fingerprint density at radius 2 is 1.81 bits per heavy atom. The number of nitro benzene ring substituents is 1. The minimum Gasteiger partial charge on any atom is -0.464 e.